The summed E-state index contributed by atoms with van der Waals surface area (Å²) in [6, 6.07) is 0. The van der Waals surface area contributed by atoms with Gasteiger partial charge in [-0.05, 0) is 12.8 Å². The molecule has 2 heterocycles. The molecule has 2 fully saturated rings. The molecule has 2 rings (SSSR count). The van der Waals surface area contributed by atoms with Gasteiger partial charge in [0.25, 0.3) is 0 Å². The minimum Gasteiger partial charge on any atom is -0.376 e. The Labute approximate surface area is 96.5 Å². The minimum atomic E-state index is 0.218. The van der Waals surface area contributed by atoms with E-state index in [0.29, 0.717) is 13.1 Å². The fraction of sp³-hybridized carbons (Fsp3) is 0.909. The molecule has 0 radical (unpaired) electrons. The smallest absolute Gasteiger partial charge is 0.236 e. The van der Waals surface area contributed by atoms with Crippen LogP contribution in [-0.2, 0) is 9.53 Å². The predicted molar refractivity (Wildman–Crippen MR) is 61.0 cm³/mol. The second-order valence-electron chi connectivity index (χ2n) is 4.54. The van der Waals surface area contributed by atoms with Crippen LogP contribution >= 0.6 is 0 Å². The highest BCUT2D eigenvalue weighted by Gasteiger charge is 2.27. The van der Waals surface area contributed by atoms with Crippen LogP contribution in [0, 0.1) is 0 Å². The Kier molecular flexibility index (Phi) is 4.15. The Balaban J connectivity index is 1.77. The number of carbonyl (C=O) groups is 1. The molecule has 0 aromatic rings. The van der Waals surface area contributed by atoms with Crippen molar-refractivity contribution in [3.8, 4) is 0 Å². The first-order chi connectivity index (χ1) is 7.79. The lowest BCUT2D eigenvalue weighted by Crippen LogP contribution is -2.53. The van der Waals surface area contributed by atoms with Gasteiger partial charge in [0.05, 0.1) is 12.6 Å². The van der Waals surface area contributed by atoms with Crippen LogP contribution in [0.2, 0.25) is 0 Å². The second-order valence-corrected chi connectivity index (χ2v) is 4.54. The Morgan fingerprint density at radius 1 is 1.44 bits per heavy atom. The molecule has 0 aromatic heterocycles. The van der Waals surface area contributed by atoms with Gasteiger partial charge in [0, 0.05) is 39.3 Å². The molecule has 92 valence electrons. The summed E-state index contributed by atoms with van der Waals surface area (Å²) in [6.45, 7) is 5.35. The van der Waals surface area contributed by atoms with Crippen LogP contribution < -0.4 is 5.73 Å². The van der Waals surface area contributed by atoms with Crippen molar-refractivity contribution >= 4 is 5.91 Å². The molecule has 2 N–H and O–H groups in total. The molecule has 2 aliphatic rings. The third-order valence-electron chi connectivity index (χ3n) is 3.29. The molecule has 0 bridgehead atoms. The lowest BCUT2D eigenvalue weighted by atomic mass is 10.2. The fourth-order valence-corrected chi connectivity index (χ4v) is 2.36. The minimum absolute atomic E-state index is 0.218. The molecule has 2 saturated heterocycles. The van der Waals surface area contributed by atoms with Crippen molar-refractivity contribution in [2.45, 2.75) is 18.9 Å². The average molecular weight is 227 g/mol. The molecule has 16 heavy (non-hydrogen) atoms. The van der Waals surface area contributed by atoms with Gasteiger partial charge in [0.15, 0.2) is 0 Å². The lowest BCUT2D eigenvalue weighted by molar-refractivity contribution is -0.137. The van der Waals surface area contributed by atoms with Gasteiger partial charge in [-0.1, -0.05) is 0 Å². The van der Waals surface area contributed by atoms with Crippen LogP contribution in [0.5, 0.6) is 0 Å². The van der Waals surface area contributed by atoms with Crippen LogP contribution in [0.1, 0.15) is 12.8 Å². The van der Waals surface area contributed by atoms with Crippen LogP contribution in [-0.4, -0.2) is 67.7 Å². The van der Waals surface area contributed by atoms with Crippen molar-refractivity contribution in [3.63, 3.8) is 0 Å². The topological polar surface area (TPSA) is 58.8 Å². The molecule has 1 atom stereocenters. The van der Waals surface area contributed by atoms with E-state index in [1.165, 1.54) is 0 Å². The van der Waals surface area contributed by atoms with E-state index < -0.39 is 0 Å². The summed E-state index contributed by atoms with van der Waals surface area (Å²) in [5.41, 5.74) is 5.48. The maximum Gasteiger partial charge on any atom is 0.236 e. The Hall–Kier alpha value is -0.650. The van der Waals surface area contributed by atoms with Crippen molar-refractivity contribution in [2.75, 3.05) is 45.9 Å². The maximum absolute atomic E-state index is 11.9. The number of hydrogen-bond donors (Lipinski definition) is 1. The number of hydrogen-bond acceptors (Lipinski definition) is 4. The van der Waals surface area contributed by atoms with E-state index in [1.54, 1.807) is 0 Å². The van der Waals surface area contributed by atoms with E-state index >= 15 is 0 Å². The molecule has 5 heteroatoms. The summed E-state index contributed by atoms with van der Waals surface area (Å²) in [5, 5.41) is 0. The highest BCUT2D eigenvalue weighted by molar-refractivity contribution is 5.79. The second kappa shape index (κ2) is 5.61. The van der Waals surface area contributed by atoms with Gasteiger partial charge in [-0.15, -0.1) is 0 Å². The monoisotopic (exact) mass is 227 g/mol. The first-order valence-electron chi connectivity index (χ1n) is 6.11. The molecule has 1 unspecified atom stereocenters. The van der Waals surface area contributed by atoms with E-state index in [9.17, 15) is 4.79 Å². The molecule has 0 spiro atoms. The summed E-state index contributed by atoms with van der Waals surface area (Å²) < 4.78 is 5.55. The van der Waals surface area contributed by atoms with Crippen LogP contribution in [0.4, 0.5) is 0 Å². The molecular weight excluding hydrogens is 206 g/mol. The van der Waals surface area contributed by atoms with Crippen molar-refractivity contribution < 1.29 is 9.53 Å². The van der Waals surface area contributed by atoms with Crippen LogP contribution in [0.25, 0.3) is 0 Å². The molecule has 0 aromatic carbocycles. The van der Waals surface area contributed by atoms with E-state index in [-0.39, 0.29) is 12.0 Å². The number of ether oxygens (including phenoxy) is 1. The number of amides is 1. The number of piperazine rings is 1. The van der Waals surface area contributed by atoms with E-state index in [0.717, 1.165) is 45.6 Å². The molecule has 2 aliphatic heterocycles. The largest absolute Gasteiger partial charge is 0.376 e. The van der Waals surface area contributed by atoms with E-state index in [2.05, 4.69) is 4.90 Å². The molecule has 1 amide bonds. The number of nitrogens with two attached hydrogens (primary N) is 1. The van der Waals surface area contributed by atoms with Crippen molar-refractivity contribution in [1.82, 2.24) is 9.80 Å². The molecular formula is C11H21N3O2. The van der Waals surface area contributed by atoms with Crippen molar-refractivity contribution in [3.05, 3.63) is 0 Å². The van der Waals surface area contributed by atoms with Crippen molar-refractivity contribution in [1.29, 1.82) is 0 Å². The normalized spacial score (nSPS) is 27.7. The summed E-state index contributed by atoms with van der Waals surface area (Å²) in [6.07, 6.45) is 2.49. The Morgan fingerprint density at radius 3 is 2.94 bits per heavy atom. The van der Waals surface area contributed by atoms with Gasteiger partial charge >= 0.3 is 0 Å². The maximum atomic E-state index is 11.9. The first kappa shape index (κ1) is 11.8. The number of nitrogens with zero attached hydrogens (tertiary/aromatic N) is 2. The Bertz CT molecular complexity index is 241. The standard InChI is InChI=1S/C11H21N3O2/c12-3-4-13-5-6-14(11(15)9-13)8-10-2-1-7-16-10/h10H,1-9,12H2. The van der Waals surface area contributed by atoms with Gasteiger partial charge in [-0.2, -0.15) is 0 Å². The van der Waals surface area contributed by atoms with E-state index in [4.69, 9.17) is 10.5 Å². The summed E-state index contributed by atoms with van der Waals surface area (Å²) in [5.74, 6) is 0.218. The van der Waals surface area contributed by atoms with Gasteiger partial charge in [0.1, 0.15) is 0 Å². The number of rotatable bonds is 4. The van der Waals surface area contributed by atoms with Crippen molar-refractivity contribution in [2.24, 2.45) is 5.73 Å². The van der Waals surface area contributed by atoms with Crippen LogP contribution in [0.3, 0.4) is 0 Å². The van der Waals surface area contributed by atoms with Gasteiger partial charge in [-0.3, -0.25) is 9.69 Å². The summed E-state index contributed by atoms with van der Waals surface area (Å²) >= 11 is 0. The first-order valence-corrected chi connectivity index (χ1v) is 6.11. The zero-order valence-corrected chi connectivity index (χ0v) is 9.73. The highest BCUT2D eigenvalue weighted by Crippen LogP contribution is 2.14. The third kappa shape index (κ3) is 2.93. The van der Waals surface area contributed by atoms with Gasteiger partial charge in [0.2, 0.25) is 5.91 Å². The lowest BCUT2D eigenvalue weighted by Gasteiger charge is -2.35. The number of carbonyl (C=O) groups excluding carboxylic acids is 1. The average Bonchev–Trinajstić information content (AvgIpc) is 2.75. The summed E-state index contributed by atoms with van der Waals surface area (Å²) in [7, 11) is 0. The molecule has 0 saturated carbocycles. The molecule has 5 nitrogen and oxygen atoms in total. The zero-order chi connectivity index (χ0) is 11.4. The SMILES string of the molecule is NCCN1CCN(CC2CCCO2)C(=O)C1. The third-order valence-corrected chi connectivity index (χ3v) is 3.29. The highest BCUT2D eigenvalue weighted by atomic mass is 16.5. The zero-order valence-electron chi connectivity index (χ0n) is 9.73. The summed E-state index contributed by atoms with van der Waals surface area (Å²) in [4.78, 5) is 15.9. The van der Waals surface area contributed by atoms with E-state index in [1.807, 2.05) is 4.90 Å². The molecule has 0 aliphatic carbocycles. The van der Waals surface area contributed by atoms with Crippen LogP contribution in [0.15, 0.2) is 0 Å². The predicted octanol–water partition coefficient (Wildman–Crippen LogP) is -0.732. The fourth-order valence-electron chi connectivity index (χ4n) is 2.36. The van der Waals surface area contributed by atoms with Gasteiger partial charge in [-0.25, -0.2) is 0 Å². The Morgan fingerprint density at radius 2 is 2.31 bits per heavy atom. The van der Waals surface area contributed by atoms with Gasteiger partial charge < -0.3 is 15.4 Å². The quantitative estimate of drug-likeness (QED) is 0.688.